The Morgan fingerprint density at radius 1 is 1.57 bits per heavy atom. The van der Waals surface area contributed by atoms with Crippen LogP contribution in [0.25, 0.3) is 0 Å². The summed E-state index contributed by atoms with van der Waals surface area (Å²) >= 11 is 1.23. The second kappa shape index (κ2) is 6.19. The summed E-state index contributed by atoms with van der Waals surface area (Å²) in [5.74, 6) is -1.12. The standard InChI is InChI=1S/C13H12N4O3S/c1-8(20-13(19)10-6-15-17(2)7-10)11(18)16-12-9(5-14)3-4-21-12/h3-4,6-8H,1-2H3,(H,16,18). The van der Waals surface area contributed by atoms with Gasteiger partial charge in [-0.25, -0.2) is 4.79 Å². The first-order valence-corrected chi connectivity index (χ1v) is 6.87. The van der Waals surface area contributed by atoms with Crippen LogP contribution in [0.1, 0.15) is 22.8 Å². The predicted molar refractivity (Wildman–Crippen MR) is 75.7 cm³/mol. The van der Waals surface area contributed by atoms with Crippen molar-refractivity contribution in [1.82, 2.24) is 9.78 Å². The van der Waals surface area contributed by atoms with Gasteiger partial charge in [-0.1, -0.05) is 0 Å². The molecular weight excluding hydrogens is 292 g/mol. The minimum Gasteiger partial charge on any atom is -0.449 e. The van der Waals surface area contributed by atoms with Crippen molar-refractivity contribution in [2.24, 2.45) is 7.05 Å². The van der Waals surface area contributed by atoms with Gasteiger partial charge in [0.25, 0.3) is 5.91 Å². The van der Waals surface area contributed by atoms with Crippen LogP contribution in [-0.4, -0.2) is 27.8 Å². The van der Waals surface area contributed by atoms with Gasteiger partial charge in [0, 0.05) is 13.2 Å². The Hall–Kier alpha value is -2.66. The average molecular weight is 304 g/mol. The number of nitrogens with one attached hydrogen (secondary N) is 1. The summed E-state index contributed by atoms with van der Waals surface area (Å²) in [4.78, 5) is 23.7. The molecule has 2 aromatic rings. The molecule has 0 saturated heterocycles. The number of nitrogens with zero attached hydrogens (tertiary/aromatic N) is 3. The predicted octanol–water partition coefficient (Wildman–Crippen LogP) is 1.54. The second-order valence-electron chi connectivity index (χ2n) is 4.21. The minimum absolute atomic E-state index is 0.269. The van der Waals surface area contributed by atoms with Crippen LogP contribution in [-0.2, 0) is 16.6 Å². The first-order valence-electron chi connectivity index (χ1n) is 5.99. The maximum Gasteiger partial charge on any atom is 0.342 e. The number of esters is 1. The Kier molecular flexibility index (Phi) is 4.35. The molecule has 108 valence electrons. The van der Waals surface area contributed by atoms with Crippen molar-refractivity contribution < 1.29 is 14.3 Å². The van der Waals surface area contributed by atoms with Crippen LogP contribution in [0.5, 0.6) is 0 Å². The number of thiophene rings is 1. The van der Waals surface area contributed by atoms with Gasteiger partial charge in [-0.3, -0.25) is 9.48 Å². The largest absolute Gasteiger partial charge is 0.449 e. The Balaban J connectivity index is 1.97. The van der Waals surface area contributed by atoms with E-state index in [1.165, 1.54) is 35.3 Å². The first-order chi connectivity index (χ1) is 10.0. The number of ether oxygens (including phenoxy) is 1. The number of nitriles is 1. The molecule has 0 aromatic carbocycles. The average Bonchev–Trinajstić information content (AvgIpc) is 3.07. The van der Waals surface area contributed by atoms with Crippen molar-refractivity contribution in [2.45, 2.75) is 13.0 Å². The molecule has 21 heavy (non-hydrogen) atoms. The highest BCUT2D eigenvalue weighted by atomic mass is 32.1. The third-order valence-electron chi connectivity index (χ3n) is 2.62. The van der Waals surface area contributed by atoms with Gasteiger partial charge in [0.15, 0.2) is 6.10 Å². The molecule has 1 unspecified atom stereocenters. The summed E-state index contributed by atoms with van der Waals surface area (Å²) in [7, 11) is 1.67. The van der Waals surface area contributed by atoms with E-state index in [1.54, 1.807) is 18.5 Å². The van der Waals surface area contributed by atoms with Crippen LogP contribution in [0.2, 0.25) is 0 Å². The molecule has 8 heteroatoms. The Morgan fingerprint density at radius 2 is 2.33 bits per heavy atom. The van der Waals surface area contributed by atoms with Crippen LogP contribution < -0.4 is 5.32 Å². The lowest BCUT2D eigenvalue weighted by molar-refractivity contribution is -0.123. The Labute approximate surface area is 124 Å². The van der Waals surface area contributed by atoms with Gasteiger partial charge in [0.05, 0.1) is 17.3 Å². The number of carbonyl (C=O) groups excluding carboxylic acids is 2. The third-order valence-corrected chi connectivity index (χ3v) is 3.45. The van der Waals surface area contributed by atoms with Gasteiger partial charge in [-0.05, 0) is 18.4 Å². The molecule has 0 spiro atoms. The van der Waals surface area contributed by atoms with Gasteiger partial charge in [-0.2, -0.15) is 10.4 Å². The molecule has 1 atom stereocenters. The molecule has 0 aliphatic carbocycles. The topological polar surface area (TPSA) is 97.0 Å². The van der Waals surface area contributed by atoms with E-state index >= 15 is 0 Å². The third kappa shape index (κ3) is 3.46. The van der Waals surface area contributed by atoms with Gasteiger partial charge < -0.3 is 10.1 Å². The Bertz CT molecular complexity index is 713. The van der Waals surface area contributed by atoms with Crippen molar-refractivity contribution in [3.63, 3.8) is 0 Å². The molecule has 0 fully saturated rings. The Morgan fingerprint density at radius 3 is 2.95 bits per heavy atom. The van der Waals surface area contributed by atoms with Gasteiger partial charge in [0.2, 0.25) is 0 Å². The molecular formula is C13H12N4O3S. The molecule has 0 bridgehead atoms. The summed E-state index contributed by atoms with van der Waals surface area (Å²) in [6, 6.07) is 3.57. The van der Waals surface area contributed by atoms with E-state index in [4.69, 9.17) is 10.00 Å². The highest BCUT2D eigenvalue weighted by Crippen LogP contribution is 2.22. The van der Waals surface area contributed by atoms with Crippen LogP contribution in [0.4, 0.5) is 5.00 Å². The van der Waals surface area contributed by atoms with Crippen LogP contribution >= 0.6 is 11.3 Å². The molecule has 2 rings (SSSR count). The highest BCUT2D eigenvalue weighted by Gasteiger charge is 2.21. The highest BCUT2D eigenvalue weighted by molar-refractivity contribution is 7.14. The maximum atomic E-state index is 11.9. The van der Waals surface area contributed by atoms with Crippen LogP contribution in [0, 0.1) is 11.3 Å². The van der Waals surface area contributed by atoms with E-state index in [-0.39, 0.29) is 5.56 Å². The zero-order chi connectivity index (χ0) is 15.4. The monoisotopic (exact) mass is 304 g/mol. The summed E-state index contributed by atoms with van der Waals surface area (Å²) in [5.41, 5.74) is 0.644. The van der Waals surface area contributed by atoms with E-state index in [0.717, 1.165) is 0 Å². The van der Waals surface area contributed by atoms with Gasteiger partial charge in [0.1, 0.15) is 11.1 Å². The molecule has 2 aromatic heterocycles. The molecule has 1 amide bonds. The lowest BCUT2D eigenvalue weighted by Gasteiger charge is -2.12. The molecule has 0 aliphatic rings. The van der Waals surface area contributed by atoms with Gasteiger partial charge in [-0.15, -0.1) is 11.3 Å². The fraction of sp³-hybridized carbons (Fsp3) is 0.231. The summed E-state index contributed by atoms with van der Waals surface area (Å²) in [6.45, 7) is 1.46. The smallest absolute Gasteiger partial charge is 0.342 e. The second-order valence-corrected chi connectivity index (χ2v) is 5.13. The first kappa shape index (κ1) is 14.7. The number of rotatable bonds is 4. The SMILES string of the molecule is CC(OC(=O)c1cnn(C)c1)C(=O)Nc1sccc1C#N. The molecule has 0 saturated carbocycles. The number of hydrogen-bond donors (Lipinski definition) is 1. The van der Waals surface area contributed by atoms with Crippen LogP contribution in [0.15, 0.2) is 23.8 Å². The van der Waals surface area contributed by atoms with Crippen molar-refractivity contribution >= 4 is 28.2 Å². The van der Waals surface area contributed by atoms with E-state index < -0.39 is 18.0 Å². The lowest BCUT2D eigenvalue weighted by atomic mass is 10.3. The minimum atomic E-state index is -0.980. The number of amides is 1. The zero-order valence-corrected chi connectivity index (χ0v) is 12.2. The number of aromatic nitrogens is 2. The number of carbonyl (C=O) groups is 2. The zero-order valence-electron chi connectivity index (χ0n) is 11.4. The molecule has 0 radical (unpaired) electrons. The summed E-state index contributed by atoms with van der Waals surface area (Å²) in [6.07, 6.45) is 1.88. The number of hydrogen-bond acceptors (Lipinski definition) is 6. The van der Waals surface area contributed by atoms with Crippen molar-refractivity contribution in [1.29, 1.82) is 5.26 Å². The summed E-state index contributed by atoms with van der Waals surface area (Å²) in [5, 5.41) is 17.4. The van der Waals surface area contributed by atoms with Crippen molar-refractivity contribution in [3.8, 4) is 6.07 Å². The molecule has 7 nitrogen and oxygen atoms in total. The molecule has 0 aliphatic heterocycles. The van der Waals surface area contributed by atoms with Crippen LogP contribution in [0.3, 0.4) is 0 Å². The van der Waals surface area contributed by atoms with Crippen molar-refractivity contribution in [3.05, 3.63) is 35.0 Å². The van der Waals surface area contributed by atoms with Gasteiger partial charge >= 0.3 is 5.97 Å². The fourth-order valence-corrected chi connectivity index (χ4v) is 2.26. The fourth-order valence-electron chi connectivity index (χ4n) is 1.52. The molecule has 1 N–H and O–H groups in total. The number of aryl methyl sites for hydroxylation is 1. The van der Waals surface area contributed by atoms with E-state index in [2.05, 4.69) is 10.4 Å². The van der Waals surface area contributed by atoms with E-state index in [1.807, 2.05) is 6.07 Å². The van der Waals surface area contributed by atoms with E-state index in [0.29, 0.717) is 10.6 Å². The number of anilines is 1. The normalized spacial score (nSPS) is 11.5. The quantitative estimate of drug-likeness (QED) is 0.864. The molecule has 2 heterocycles. The maximum absolute atomic E-state index is 11.9. The summed E-state index contributed by atoms with van der Waals surface area (Å²) < 4.78 is 6.52. The lowest BCUT2D eigenvalue weighted by Crippen LogP contribution is -2.29. The van der Waals surface area contributed by atoms with Crippen molar-refractivity contribution in [2.75, 3.05) is 5.32 Å². The van der Waals surface area contributed by atoms with E-state index in [9.17, 15) is 9.59 Å².